The van der Waals surface area contributed by atoms with E-state index in [9.17, 15) is 4.79 Å². The van der Waals surface area contributed by atoms with Crippen molar-refractivity contribution in [3.05, 3.63) is 71.3 Å². The van der Waals surface area contributed by atoms with E-state index in [1.807, 2.05) is 59.2 Å². The van der Waals surface area contributed by atoms with Gasteiger partial charge < -0.3 is 14.5 Å². The first-order valence-electron chi connectivity index (χ1n) is 10.5. The van der Waals surface area contributed by atoms with Crippen molar-refractivity contribution in [3.8, 4) is 0 Å². The smallest absolute Gasteiger partial charge is 0.320 e. The molecule has 158 valence electrons. The Bertz CT molecular complexity index is 1220. The van der Waals surface area contributed by atoms with Crippen LogP contribution in [0.25, 0.3) is 16.6 Å². The minimum atomic E-state index is 0.00196. The molecule has 31 heavy (non-hydrogen) atoms. The summed E-state index contributed by atoms with van der Waals surface area (Å²) in [6, 6.07) is 18.3. The minimum Gasteiger partial charge on any atom is -0.378 e. The number of fused-ring (bicyclic) bond motifs is 3. The maximum atomic E-state index is 13.4. The number of ether oxygens (including phenoxy) is 1. The first kappa shape index (κ1) is 19.4. The molecule has 1 fully saturated rings. The van der Waals surface area contributed by atoms with E-state index in [1.165, 1.54) is 0 Å². The third kappa shape index (κ3) is 3.82. The van der Waals surface area contributed by atoms with Crippen LogP contribution in [0.4, 0.5) is 4.79 Å². The highest BCUT2D eigenvalue weighted by atomic mass is 16.5. The molecule has 4 aromatic rings. The summed E-state index contributed by atoms with van der Waals surface area (Å²) in [6.07, 6.45) is 0. The van der Waals surface area contributed by atoms with E-state index in [0.717, 1.165) is 27.6 Å². The molecule has 1 saturated heterocycles. The molecule has 0 aliphatic carbocycles. The normalized spacial score (nSPS) is 14.3. The van der Waals surface area contributed by atoms with Crippen LogP contribution in [-0.4, -0.2) is 62.2 Å². The van der Waals surface area contributed by atoms with E-state index in [0.29, 0.717) is 45.0 Å². The molecule has 1 aliphatic heterocycles. The van der Waals surface area contributed by atoms with Gasteiger partial charge in [-0.2, -0.15) is 4.52 Å². The third-order valence-corrected chi connectivity index (χ3v) is 5.70. The van der Waals surface area contributed by atoms with Crippen molar-refractivity contribution in [2.24, 2.45) is 0 Å². The first-order chi connectivity index (χ1) is 15.2. The maximum Gasteiger partial charge on any atom is 0.320 e. The third-order valence-electron chi connectivity index (χ3n) is 5.70. The number of aromatic nitrogens is 4. The number of para-hydroxylation sites is 1. The lowest BCUT2D eigenvalue weighted by molar-refractivity contribution is 0.0419. The van der Waals surface area contributed by atoms with Crippen LogP contribution in [0.2, 0.25) is 0 Å². The number of morpholine rings is 1. The Labute approximate surface area is 180 Å². The van der Waals surface area contributed by atoms with Gasteiger partial charge in [-0.05, 0) is 34.5 Å². The average Bonchev–Trinajstić information content (AvgIpc) is 3.30. The van der Waals surface area contributed by atoms with E-state index in [1.54, 1.807) is 4.52 Å². The van der Waals surface area contributed by atoms with Crippen molar-refractivity contribution in [2.75, 3.05) is 26.3 Å². The Hall–Kier alpha value is -3.52. The summed E-state index contributed by atoms with van der Waals surface area (Å²) >= 11 is 0. The molecule has 8 nitrogen and oxygen atoms in total. The van der Waals surface area contributed by atoms with Crippen LogP contribution in [0.1, 0.15) is 16.7 Å². The highest BCUT2D eigenvalue weighted by Crippen LogP contribution is 2.24. The monoisotopic (exact) mass is 416 g/mol. The second-order valence-corrected chi connectivity index (χ2v) is 7.82. The summed E-state index contributed by atoms with van der Waals surface area (Å²) in [5.41, 5.74) is 4.76. The molecule has 0 radical (unpaired) electrons. The van der Waals surface area contributed by atoms with Crippen molar-refractivity contribution < 1.29 is 9.53 Å². The number of hydrogen-bond donors (Lipinski definition) is 0. The van der Waals surface area contributed by atoms with Crippen LogP contribution in [-0.2, 0) is 17.8 Å². The fourth-order valence-corrected chi connectivity index (χ4v) is 4.15. The van der Waals surface area contributed by atoms with Crippen molar-refractivity contribution in [1.29, 1.82) is 0 Å². The Kier molecular flexibility index (Phi) is 5.21. The predicted octanol–water partition coefficient (Wildman–Crippen LogP) is 3.04. The number of benzene rings is 2. The number of urea groups is 1. The topological polar surface area (TPSA) is 75.9 Å². The Morgan fingerprint density at radius 1 is 1.06 bits per heavy atom. The molecule has 0 bridgehead atoms. The summed E-state index contributed by atoms with van der Waals surface area (Å²) in [6.45, 7) is 5.31. The number of carbonyl (C=O) groups is 1. The number of hydrogen-bond acceptors (Lipinski definition) is 5. The van der Waals surface area contributed by atoms with Crippen molar-refractivity contribution in [2.45, 2.75) is 20.0 Å². The van der Waals surface area contributed by atoms with Gasteiger partial charge >= 0.3 is 6.03 Å². The maximum absolute atomic E-state index is 13.4. The van der Waals surface area contributed by atoms with Crippen molar-refractivity contribution >= 4 is 22.6 Å². The standard InChI is InChI=1S/C23H24N6O2/c1-17-6-5-9-19-14-20(22-24-25-26-29(22)21(17)19)16-28(15-18-7-3-2-4-8-18)23(30)27-10-12-31-13-11-27/h2-9,14H,10-13,15-16H2,1H3. The zero-order chi connectivity index (χ0) is 21.2. The number of amides is 2. The second kappa shape index (κ2) is 8.31. The molecule has 3 heterocycles. The molecule has 0 saturated carbocycles. The van der Waals surface area contributed by atoms with E-state index >= 15 is 0 Å². The molecule has 2 amide bonds. The van der Waals surface area contributed by atoms with Gasteiger partial charge in [0.2, 0.25) is 0 Å². The summed E-state index contributed by atoms with van der Waals surface area (Å²) in [5.74, 6) is 0. The second-order valence-electron chi connectivity index (χ2n) is 7.82. The first-order valence-corrected chi connectivity index (χ1v) is 10.5. The van der Waals surface area contributed by atoms with Gasteiger partial charge in [0.25, 0.3) is 0 Å². The molecule has 0 unspecified atom stereocenters. The van der Waals surface area contributed by atoms with Crippen LogP contribution < -0.4 is 0 Å². The summed E-state index contributed by atoms with van der Waals surface area (Å²) in [7, 11) is 0. The lowest BCUT2D eigenvalue weighted by Gasteiger charge is -2.33. The number of rotatable bonds is 4. The van der Waals surface area contributed by atoms with Crippen LogP contribution >= 0.6 is 0 Å². The van der Waals surface area contributed by atoms with Gasteiger partial charge in [-0.25, -0.2) is 4.79 Å². The number of aryl methyl sites for hydroxylation is 1. The molecule has 0 atom stereocenters. The molecule has 2 aromatic carbocycles. The van der Waals surface area contributed by atoms with Crippen LogP contribution in [0.5, 0.6) is 0 Å². The molecule has 0 spiro atoms. The summed E-state index contributed by atoms with van der Waals surface area (Å²) in [5, 5.41) is 13.5. The molecular weight excluding hydrogens is 392 g/mol. The van der Waals surface area contributed by atoms with Gasteiger partial charge in [0.1, 0.15) is 0 Å². The lowest BCUT2D eigenvalue weighted by Crippen LogP contribution is -2.47. The minimum absolute atomic E-state index is 0.00196. The largest absolute Gasteiger partial charge is 0.378 e. The van der Waals surface area contributed by atoms with Gasteiger partial charge in [0.15, 0.2) is 5.65 Å². The number of pyridine rings is 1. The average molecular weight is 416 g/mol. The summed E-state index contributed by atoms with van der Waals surface area (Å²) < 4.78 is 7.21. The Morgan fingerprint density at radius 2 is 1.87 bits per heavy atom. The van der Waals surface area contributed by atoms with Crippen LogP contribution in [0, 0.1) is 6.92 Å². The molecule has 5 rings (SSSR count). The highest BCUT2D eigenvalue weighted by Gasteiger charge is 2.25. The van der Waals surface area contributed by atoms with Crippen LogP contribution in [0.3, 0.4) is 0 Å². The zero-order valence-electron chi connectivity index (χ0n) is 17.4. The highest BCUT2D eigenvalue weighted by molar-refractivity contribution is 5.86. The number of nitrogens with zero attached hydrogens (tertiary/aromatic N) is 6. The van der Waals surface area contributed by atoms with Gasteiger partial charge in [0, 0.05) is 30.6 Å². The molecular formula is C23H24N6O2. The molecule has 1 aliphatic rings. The zero-order valence-corrected chi connectivity index (χ0v) is 17.4. The molecule has 0 N–H and O–H groups in total. The van der Waals surface area contributed by atoms with E-state index in [4.69, 9.17) is 4.74 Å². The Morgan fingerprint density at radius 3 is 2.68 bits per heavy atom. The van der Waals surface area contributed by atoms with E-state index in [2.05, 4.69) is 27.7 Å². The van der Waals surface area contributed by atoms with Crippen LogP contribution in [0.15, 0.2) is 54.6 Å². The van der Waals surface area contributed by atoms with E-state index < -0.39 is 0 Å². The fraction of sp³-hybridized carbons (Fsp3) is 0.304. The van der Waals surface area contributed by atoms with Gasteiger partial charge in [-0.1, -0.05) is 48.5 Å². The fourth-order valence-electron chi connectivity index (χ4n) is 4.15. The summed E-state index contributed by atoms with van der Waals surface area (Å²) in [4.78, 5) is 17.2. The van der Waals surface area contributed by atoms with Crippen molar-refractivity contribution in [1.82, 2.24) is 29.8 Å². The molecule has 8 heteroatoms. The Balaban J connectivity index is 1.54. The van der Waals surface area contributed by atoms with E-state index in [-0.39, 0.29) is 6.03 Å². The van der Waals surface area contributed by atoms with Gasteiger partial charge in [-0.3, -0.25) is 0 Å². The SMILES string of the molecule is Cc1cccc2cc(CN(Cc3ccccc3)C(=O)N3CCOCC3)c3nnnn3c12. The predicted molar refractivity (Wildman–Crippen MR) is 117 cm³/mol. The van der Waals surface area contributed by atoms with Crippen molar-refractivity contribution in [3.63, 3.8) is 0 Å². The lowest BCUT2D eigenvalue weighted by atomic mass is 10.1. The molecule has 2 aromatic heterocycles. The van der Waals surface area contributed by atoms with Gasteiger partial charge in [-0.15, -0.1) is 5.10 Å². The quantitative estimate of drug-likeness (QED) is 0.511. The number of tetrazole rings is 1. The number of carbonyl (C=O) groups excluding carboxylic acids is 1. The van der Waals surface area contributed by atoms with Gasteiger partial charge in [0.05, 0.1) is 25.3 Å².